The van der Waals surface area contributed by atoms with E-state index in [0.29, 0.717) is 17.9 Å². The Hall–Kier alpha value is -1.76. The number of halogens is 1. The van der Waals surface area contributed by atoms with Crippen molar-refractivity contribution in [3.63, 3.8) is 0 Å². The molecule has 2 N–H and O–H groups in total. The normalized spacial score (nSPS) is 17.9. The first-order valence-corrected chi connectivity index (χ1v) is 9.25. The molecule has 1 aliphatic rings. The number of hydrogen-bond acceptors (Lipinski definition) is 3. The molecule has 0 aromatic heterocycles. The number of nitrogens with one attached hydrogen (secondary N) is 2. The van der Waals surface area contributed by atoms with Crippen molar-refractivity contribution in [1.82, 2.24) is 15.5 Å². The van der Waals surface area contributed by atoms with Crippen molar-refractivity contribution in [2.45, 2.75) is 30.7 Å². The maximum absolute atomic E-state index is 13.5. The van der Waals surface area contributed by atoms with Crippen molar-refractivity contribution < 1.29 is 9.18 Å². The van der Waals surface area contributed by atoms with Crippen LogP contribution in [0.3, 0.4) is 0 Å². The highest BCUT2D eigenvalue weighted by Crippen LogP contribution is 2.20. The number of amides is 1. The minimum atomic E-state index is -0.184. The van der Waals surface area contributed by atoms with Crippen LogP contribution in [0.25, 0.3) is 0 Å². The van der Waals surface area contributed by atoms with Crippen LogP contribution in [0.2, 0.25) is 0 Å². The fraction of sp³-hybridized carbons (Fsp3) is 0.529. The van der Waals surface area contributed by atoms with E-state index in [1.165, 1.54) is 17.8 Å². The van der Waals surface area contributed by atoms with Crippen LogP contribution in [0.4, 0.5) is 4.39 Å². The molecule has 1 fully saturated rings. The van der Waals surface area contributed by atoms with Crippen molar-refractivity contribution in [2.75, 3.05) is 32.4 Å². The lowest BCUT2D eigenvalue weighted by Crippen LogP contribution is -2.45. The van der Waals surface area contributed by atoms with E-state index < -0.39 is 0 Å². The molecule has 132 valence electrons. The highest BCUT2D eigenvalue weighted by atomic mass is 32.2. The van der Waals surface area contributed by atoms with Gasteiger partial charge >= 0.3 is 0 Å². The number of likely N-dealkylation sites (tertiary alicyclic amines) is 1. The number of carbonyl (C=O) groups is 1. The van der Waals surface area contributed by atoms with Gasteiger partial charge in [-0.2, -0.15) is 0 Å². The van der Waals surface area contributed by atoms with Crippen molar-refractivity contribution in [3.05, 3.63) is 30.1 Å². The Labute approximate surface area is 147 Å². The van der Waals surface area contributed by atoms with E-state index in [1.54, 1.807) is 19.2 Å². The molecule has 1 amide bonds. The zero-order valence-electron chi connectivity index (χ0n) is 14.2. The Bertz CT molecular complexity index is 581. The van der Waals surface area contributed by atoms with Gasteiger partial charge in [0.25, 0.3) is 0 Å². The number of guanidine groups is 1. The van der Waals surface area contributed by atoms with Crippen LogP contribution >= 0.6 is 11.8 Å². The fourth-order valence-corrected chi connectivity index (χ4v) is 3.41. The van der Waals surface area contributed by atoms with E-state index >= 15 is 0 Å². The minimum Gasteiger partial charge on any atom is -0.356 e. The summed E-state index contributed by atoms with van der Waals surface area (Å²) < 4.78 is 13.5. The molecule has 1 aromatic carbocycles. The molecule has 0 saturated carbocycles. The van der Waals surface area contributed by atoms with Crippen molar-refractivity contribution in [2.24, 2.45) is 4.99 Å². The van der Waals surface area contributed by atoms with Gasteiger partial charge in [0.2, 0.25) is 5.91 Å². The van der Waals surface area contributed by atoms with Gasteiger partial charge in [0.05, 0.1) is 0 Å². The SMILES string of the molecule is CCC(=O)N1CCC(NC(=NC)NCCSc2ccccc2F)C1. The highest BCUT2D eigenvalue weighted by molar-refractivity contribution is 7.99. The molecule has 5 nitrogen and oxygen atoms in total. The van der Waals surface area contributed by atoms with Gasteiger partial charge in [0.1, 0.15) is 5.82 Å². The zero-order valence-corrected chi connectivity index (χ0v) is 15.0. The summed E-state index contributed by atoms with van der Waals surface area (Å²) in [6.45, 7) is 4.08. The van der Waals surface area contributed by atoms with Crippen LogP contribution in [0.15, 0.2) is 34.2 Å². The van der Waals surface area contributed by atoms with E-state index in [-0.39, 0.29) is 17.8 Å². The lowest BCUT2D eigenvalue weighted by molar-refractivity contribution is -0.129. The number of hydrogen-bond donors (Lipinski definition) is 2. The van der Waals surface area contributed by atoms with Crippen LogP contribution in [-0.2, 0) is 4.79 Å². The van der Waals surface area contributed by atoms with Gasteiger partial charge in [-0.25, -0.2) is 4.39 Å². The summed E-state index contributed by atoms with van der Waals surface area (Å²) in [5.41, 5.74) is 0. The van der Waals surface area contributed by atoms with Gasteiger partial charge in [-0.15, -0.1) is 11.8 Å². The van der Waals surface area contributed by atoms with Crippen molar-refractivity contribution in [1.29, 1.82) is 0 Å². The average Bonchev–Trinajstić information content (AvgIpc) is 3.06. The minimum absolute atomic E-state index is 0.184. The number of benzene rings is 1. The second kappa shape index (κ2) is 9.52. The molecule has 0 bridgehead atoms. The molecular weight excluding hydrogens is 327 g/mol. The molecule has 1 atom stereocenters. The molecular formula is C17H25FN4OS. The second-order valence-corrected chi connectivity index (χ2v) is 6.74. The average molecular weight is 352 g/mol. The maximum atomic E-state index is 13.5. The Kier molecular flexibility index (Phi) is 7.36. The molecule has 7 heteroatoms. The van der Waals surface area contributed by atoms with Crippen molar-refractivity contribution in [3.8, 4) is 0 Å². The quantitative estimate of drug-likeness (QED) is 0.356. The Balaban J connectivity index is 1.70. The van der Waals surface area contributed by atoms with Gasteiger partial charge in [0, 0.05) is 49.8 Å². The van der Waals surface area contributed by atoms with Crippen molar-refractivity contribution >= 4 is 23.6 Å². The number of aliphatic imine (C=N–C) groups is 1. The molecule has 1 aromatic rings. The highest BCUT2D eigenvalue weighted by Gasteiger charge is 2.25. The second-order valence-electron chi connectivity index (χ2n) is 5.60. The predicted octanol–water partition coefficient (Wildman–Crippen LogP) is 2.09. The summed E-state index contributed by atoms with van der Waals surface area (Å²) in [4.78, 5) is 18.5. The Morgan fingerprint density at radius 2 is 2.25 bits per heavy atom. The fourth-order valence-electron chi connectivity index (χ4n) is 2.61. The molecule has 1 aliphatic heterocycles. The van der Waals surface area contributed by atoms with E-state index in [9.17, 15) is 9.18 Å². The number of nitrogens with zero attached hydrogens (tertiary/aromatic N) is 2. The lowest BCUT2D eigenvalue weighted by atomic mass is 10.3. The third-order valence-corrected chi connectivity index (χ3v) is 4.95. The first-order valence-electron chi connectivity index (χ1n) is 8.26. The molecule has 0 aliphatic carbocycles. The molecule has 1 saturated heterocycles. The van der Waals surface area contributed by atoms with Gasteiger partial charge in [-0.1, -0.05) is 19.1 Å². The largest absolute Gasteiger partial charge is 0.356 e. The van der Waals surface area contributed by atoms with E-state index in [1.807, 2.05) is 17.9 Å². The third-order valence-electron chi connectivity index (χ3n) is 3.90. The van der Waals surface area contributed by atoms with Crippen LogP contribution in [0.5, 0.6) is 0 Å². The summed E-state index contributed by atoms with van der Waals surface area (Å²) in [7, 11) is 1.73. The van der Waals surface area contributed by atoms with Gasteiger partial charge < -0.3 is 15.5 Å². The molecule has 2 rings (SSSR count). The van der Waals surface area contributed by atoms with Crippen LogP contribution in [0, 0.1) is 5.82 Å². The summed E-state index contributed by atoms with van der Waals surface area (Å²) in [5, 5.41) is 6.58. The van der Waals surface area contributed by atoms with Gasteiger partial charge in [-0.3, -0.25) is 9.79 Å². The lowest BCUT2D eigenvalue weighted by Gasteiger charge is -2.18. The first kappa shape index (κ1) is 18.6. The van der Waals surface area contributed by atoms with Crippen LogP contribution in [-0.4, -0.2) is 55.2 Å². The Morgan fingerprint density at radius 3 is 2.96 bits per heavy atom. The monoisotopic (exact) mass is 352 g/mol. The first-order chi connectivity index (χ1) is 11.6. The number of carbonyl (C=O) groups excluding carboxylic acids is 1. The summed E-state index contributed by atoms with van der Waals surface area (Å²) >= 11 is 1.48. The van der Waals surface area contributed by atoms with Gasteiger partial charge in [0.15, 0.2) is 5.96 Å². The third kappa shape index (κ3) is 5.40. The number of rotatable bonds is 6. The molecule has 24 heavy (non-hydrogen) atoms. The summed E-state index contributed by atoms with van der Waals surface area (Å²) in [5.74, 6) is 1.48. The molecule has 1 unspecified atom stereocenters. The zero-order chi connectivity index (χ0) is 17.4. The van der Waals surface area contributed by atoms with E-state index in [4.69, 9.17) is 0 Å². The summed E-state index contributed by atoms with van der Waals surface area (Å²) in [6.07, 6.45) is 1.48. The number of thioether (sulfide) groups is 1. The predicted molar refractivity (Wildman–Crippen MR) is 96.9 cm³/mol. The van der Waals surface area contributed by atoms with Crippen LogP contribution < -0.4 is 10.6 Å². The topological polar surface area (TPSA) is 56.7 Å². The Morgan fingerprint density at radius 1 is 1.46 bits per heavy atom. The standard InChI is InChI=1S/C17H25FN4OS/c1-3-16(23)22-10-8-13(12-22)21-17(19-2)20-9-11-24-15-7-5-4-6-14(15)18/h4-7,13H,3,8-12H2,1-2H3,(H2,19,20,21). The molecule has 0 spiro atoms. The van der Waals surface area contributed by atoms with Gasteiger partial charge in [-0.05, 0) is 18.6 Å². The maximum Gasteiger partial charge on any atom is 0.222 e. The molecule has 0 radical (unpaired) electrons. The summed E-state index contributed by atoms with van der Waals surface area (Å²) in [6, 6.07) is 7.01. The van der Waals surface area contributed by atoms with E-state index in [0.717, 1.165) is 31.2 Å². The van der Waals surface area contributed by atoms with E-state index in [2.05, 4.69) is 15.6 Å². The molecule has 1 heterocycles. The smallest absolute Gasteiger partial charge is 0.222 e. The van der Waals surface area contributed by atoms with Crippen LogP contribution in [0.1, 0.15) is 19.8 Å².